The second kappa shape index (κ2) is 3.00. The number of hydrogen-bond donors (Lipinski definition) is 1. The molecule has 4 heteroatoms. The minimum Gasteiger partial charge on any atom is -0.449 e. The van der Waals surface area contributed by atoms with E-state index in [2.05, 4.69) is 4.98 Å². The number of primary amides is 1. The topological polar surface area (TPSA) is 69.1 Å². The Kier molecular flexibility index (Phi) is 2.04. The largest absolute Gasteiger partial charge is 0.449 e. The minimum atomic E-state index is -0.391. The number of nitrogens with two attached hydrogens (primary N) is 1. The molecule has 0 saturated carbocycles. The van der Waals surface area contributed by atoms with Crippen LogP contribution in [0.3, 0.4) is 0 Å². The van der Waals surface area contributed by atoms with Crippen molar-refractivity contribution in [3.63, 3.8) is 0 Å². The van der Waals surface area contributed by atoms with Crippen molar-refractivity contribution in [2.24, 2.45) is 5.73 Å². The molecule has 0 saturated heterocycles. The first-order valence-electron chi connectivity index (χ1n) is 2.80. The molecular formula is C6H7N2O2. The van der Waals surface area contributed by atoms with Crippen LogP contribution in [0.2, 0.25) is 0 Å². The molecule has 0 spiro atoms. The molecule has 53 valence electrons. The number of nitrogens with zero attached hydrogens (tertiary/aromatic N) is 1. The Morgan fingerprint density at radius 2 is 2.70 bits per heavy atom. The fraction of sp³-hybridized carbons (Fsp3) is 0.167. The Labute approximate surface area is 58.0 Å². The van der Waals surface area contributed by atoms with Gasteiger partial charge in [0.1, 0.15) is 6.26 Å². The highest BCUT2D eigenvalue weighted by Gasteiger charge is 1.99. The maximum Gasteiger partial charge on any atom is 0.218 e. The maximum absolute atomic E-state index is 10.2. The molecular weight excluding hydrogens is 132 g/mol. The fourth-order valence-corrected chi connectivity index (χ4v) is 0.523. The van der Waals surface area contributed by atoms with Crippen LogP contribution in [-0.4, -0.2) is 10.9 Å². The number of rotatable bonds is 3. The second-order valence-corrected chi connectivity index (χ2v) is 1.74. The maximum atomic E-state index is 10.2. The van der Waals surface area contributed by atoms with Crippen molar-refractivity contribution in [3.8, 4) is 0 Å². The average Bonchev–Trinajstić information content (AvgIpc) is 2.34. The molecule has 0 bridgehead atoms. The summed E-state index contributed by atoms with van der Waals surface area (Å²) in [7, 11) is 0. The van der Waals surface area contributed by atoms with Crippen LogP contribution in [0.5, 0.6) is 0 Å². The van der Waals surface area contributed by atoms with Gasteiger partial charge >= 0.3 is 0 Å². The molecule has 1 amide bonds. The van der Waals surface area contributed by atoms with Gasteiger partial charge in [-0.3, -0.25) is 4.79 Å². The highest BCUT2D eigenvalue weighted by Crippen LogP contribution is 2.00. The Balaban J connectivity index is 2.35. The Morgan fingerprint density at radius 3 is 3.20 bits per heavy atom. The number of carbonyl (C=O) groups excluding carboxylic acids is 1. The predicted molar refractivity (Wildman–Crippen MR) is 33.7 cm³/mol. The molecule has 0 aromatic carbocycles. The summed E-state index contributed by atoms with van der Waals surface area (Å²) in [6, 6.07) is 0. The lowest BCUT2D eigenvalue weighted by Crippen LogP contribution is -2.10. The first-order valence-corrected chi connectivity index (χ1v) is 2.80. The lowest BCUT2D eigenvalue weighted by atomic mass is 10.3. The minimum absolute atomic E-state index is 0.167. The molecule has 0 aliphatic rings. The molecule has 1 heterocycles. The van der Waals surface area contributed by atoms with Crippen LogP contribution in [-0.2, 0) is 4.79 Å². The monoisotopic (exact) mass is 139 g/mol. The second-order valence-electron chi connectivity index (χ2n) is 1.74. The Hall–Kier alpha value is -1.32. The summed E-state index contributed by atoms with van der Waals surface area (Å²) in [5.41, 5.74) is 4.87. The molecule has 4 nitrogen and oxygen atoms in total. The third-order valence-corrected chi connectivity index (χ3v) is 0.929. The van der Waals surface area contributed by atoms with Gasteiger partial charge in [-0.25, -0.2) is 4.98 Å². The molecule has 10 heavy (non-hydrogen) atoms. The van der Waals surface area contributed by atoms with Gasteiger partial charge in [-0.2, -0.15) is 0 Å². The van der Waals surface area contributed by atoms with Crippen LogP contribution in [0.4, 0.5) is 0 Å². The summed E-state index contributed by atoms with van der Waals surface area (Å²) in [4.78, 5) is 14.0. The van der Waals surface area contributed by atoms with E-state index in [1.807, 2.05) is 0 Å². The van der Waals surface area contributed by atoms with Gasteiger partial charge in [0.05, 0.1) is 12.6 Å². The highest BCUT2D eigenvalue weighted by molar-refractivity contribution is 5.75. The van der Waals surface area contributed by atoms with Crippen molar-refractivity contribution in [1.82, 2.24) is 4.98 Å². The van der Waals surface area contributed by atoms with Crippen LogP contribution in [0.1, 0.15) is 12.3 Å². The summed E-state index contributed by atoms with van der Waals surface area (Å²) < 4.78 is 4.81. The van der Waals surface area contributed by atoms with Gasteiger partial charge in [0.25, 0.3) is 0 Å². The lowest BCUT2D eigenvalue weighted by Gasteiger charge is -1.88. The molecule has 1 radical (unpaired) electrons. The number of hydrogen-bond acceptors (Lipinski definition) is 3. The summed E-state index contributed by atoms with van der Waals surface area (Å²) in [6.07, 6.45) is 4.64. The van der Waals surface area contributed by atoms with Crippen LogP contribution >= 0.6 is 0 Å². The average molecular weight is 139 g/mol. The van der Waals surface area contributed by atoms with Gasteiger partial charge in [-0.05, 0) is 0 Å². The van der Waals surface area contributed by atoms with Crippen molar-refractivity contribution in [1.29, 1.82) is 0 Å². The van der Waals surface area contributed by atoms with Crippen molar-refractivity contribution < 1.29 is 9.21 Å². The third-order valence-electron chi connectivity index (χ3n) is 0.929. The van der Waals surface area contributed by atoms with E-state index in [-0.39, 0.29) is 6.42 Å². The first-order chi connectivity index (χ1) is 4.79. The van der Waals surface area contributed by atoms with Gasteiger partial charge < -0.3 is 10.2 Å². The molecule has 1 rings (SSSR count). The normalized spacial score (nSPS) is 9.60. The molecule has 0 aliphatic carbocycles. The molecule has 2 N–H and O–H groups in total. The molecule has 0 atom stereocenters. The third kappa shape index (κ3) is 1.89. The van der Waals surface area contributed by atoms with Crippen molar-refractivity contribution >= 4 is 5.91 Å². The first kappa shape index (κ1) is 6.80. The Bertz CT molecular complexity index is 206. The van der Waals surface area contributed by atoms with Crippen molar-refractivity contribution in [3.05, 3.63) is 24.8 Å². The number of oxazole rings is 1. The van der Waals surface area contributed by atoms with Crippen LogP contribution in [0.25, 0.3) is 0 Å². The zero-order valence-corrected chi connectivity index (χ0v) is 5.28. The number of carbonyl (C=O) groups is 1. The smallest absolute Gasteiger partial charge is 0.218 e. The van der Waals surface area contributed by atoms with Crippen LogP contribution < -0.4 is 5.73 Å². The molecule has 0 fully saturated rings. The number of amides is 1. The van der Waals surface area contributed by atoms with Gasteiger partial charge in [0.2, 0.25) is 5.91 Å². The summed E-state index contributed by atoms with van der Waals surface area (Å²) in [5, 5.41) is 0. The van der Waals surface area contributed by atoms with Gasteiger partial charge in [-0.1, -0.05) is 0 Å². The van der Waals surface area contributed by atoms with E-state index in [0.29, 0.717) is 5.89 Å². The van der Waals surface area contributed by atoms with E-state index in [1.54, 1.807) is 0 Å². The highest BCUT2D eigenvalue weighted by atomic mass is 16.3. The van der Waals surface area contributed by atoms with Crippen molar-refractivity contribution in [2.45, 2.75) is 6.42 Å². The summed E-state index contributed by atoms with van der Waals surface area (Å²) in [5.74, 6) is 0.0389. The van der Waals surface area contributed by atoms with E-state index in [9.17, 15) is 4.79 Å². The predicted octanol–water partition coefficient (Wildman–Crippen LogP) is 0.102. The van der Waals surface area contributed by atoms with E-state index < -0.39 is 5.91 Å². The zero-order chi connectivity index (χ0) is 7.40. The van der Waals surface area contributed by atoms with E-state index in [1.165, 1.54) is 18.9 Å². The standard InChI is InChI=1S/C6H7N2O2/c7-5(9)1-2-6-8-3-4-10-6/h2-4H,1H2,(H2,7,9). The van der Waals surface area contributed by atoms with E-state index >= 15 is 0 Å². The van der Waals surface area contributed by atoms with Gasteiger partial charge in [0.15, 0.2) is 5.89 Å². The van der Waals surface area contributed by atoms with E-state index in [4.69, 9.17) is 10.2 Å². The van der Waals surface area contributed by atoms with Crippen molar-refractivity contribution in [2.75, 3.05) is 0 Å². The molecule has 0 aliphatic heterocycles. The van der Waals surface area contributed by atoms with Gasteiger partial charge in [0, 0.05) is 6.42 Å². The lowest BCUT2D eigenvalue weighted by molar-refractivity contribution is -0.117. The molecule has 1 aromatic heterocycles. The summed E-state index contributed by atoms with van der Waals surface area (Å²) in [6.45, 7) is 0. The number of aromatic nitrogens is 1. The van der Waals surface area contributed by atoms with Crippen LogP contribution in [0.15, 0.2) is 16.9 Å². The zero-order valence-electron chi connectivity index (χ0n) is 5.28. The Morgan fingerprint density at radius 1 is 1.90 bits per heavy atom. The van der Waals surface area contributed by atoms with Crippen LogP contribution in [0, 0.1) is 6.42 Å². The van der Waals surface area contributed by atoms with E-state index in [0.717, 1.165) is 0 Å². The fourth-order valence-electron chi connectivity index (χ4n) is 0.523. The quantitative estimate of drug-likeness (QED) is 0.645. The van der Waals surface area contributed by atoms with Gasteiger partial charge in [-0.15, -0.1) is 0 Å². The summed E-state index contributed by atoms with van der Waals surface area (Å²) >= 11 is 0. The SMILES string of the molecule is NC(=O)C[CH]c1ncco1. The molecule has 1 aromatic rings. The molecule has 0 unspecified atom stereocenters.